The largest absolute Gasteiger partial charge is 0.355 e. The van der Waals surface area contributed by atoms with Crippen molar-refractivity contribution in [3.05, 3.63) is 65.7 Å². The Morgan fingerprint density at radius 1 is 0.839 bits per heavy atom. The number of anilines is 1. The van der Waals surface area contributed by atoms with Crippen LogP contribution in [-0.2, 0) is 22.4 Å². The fraction of sp³-hybridized carbons (Fsp3) is 0.440. The van der Waals surface area contributed by atoms with Gasteiger partial charge in [0.1, 0.15) is 0 Å². The van der Waals surface area contributed by atoms with Crippen LogP contribution in [0.15, 0.2) is 54.6 Å². The monoisotopic (exact) mass is 422 g/mol. The minimum atomic E-state index is 0.0190. The van der Waals surface area contributed by atoms with Crippen molar-refractivity contribution in [3.63, 3.8) is 0 Å². The average Bonchev–Trinajstić information content (AvgIpc) is 2.79. The smallest absolute Gasteiger partial charge is 0.238 e. The summed E-state index contributed by atoms with van der Waals surface area (Å²) in [5, 5.41) is 6.06. The van der Waals surface area contributed by atoms with E-state index in [4.69, 9.17) is 0 Å². The molecule has 0 bridgehead atoms. The molecule has 1 aliphatic rings. The summed E-state index contributed by atoms with van der Waals surface area (Å²) < 4.78 is 0. The number of nitrogens with one attached hydrogen (secondary N) is 2. The number of carbonyl (C=O) groups excluding carboxylic acids is 2. The van der Waals surface area contributed by atoms with Crippen LogP contribution in [0.1, 0.15) is 24.5 Å². The van der Waals surface area contributed by atoms with Crippen LogP contribution in [0, 0.1) is 0 Å². The molecule has 0 unspecified atom stereocenters. The van der Waals surface area contributed by atoms with Crippen molar-refractivity contribution in [2.24, 2.45) is 0 Å². The second-order valence-electron chi connectivity index (χ2n) is 8.05. The van der Waals surface area contributed by atoms with Gasteiger partial charge in [-0.1, -0.05) is 55.5 Å². The third-order valence-electron chi connectivity index (χ3n) is 5.68. The molecular formula is C25H34N4O2. The standard InChI is InChI=1S/C25H34N4O2/c1-2-22-12-6-7-13-23(22)27-25(31)20-29-17-15-28(16-18-29)19-24(30)26-14-8-11-21-9-4-3-5-10-21/h3-7,9-10,12-13H,2,8,11,14-20H2,1H3,(H,26,30)(H,27,31). The molecule has 1 fully saturated rings. The number of para-hydroxylation sites is 1. The van der Waals surface area contributed by atoms with Crippen molar-refractivity contribution in [1.82, 2.24) is 15.1 Å². The molecule has 0 aromatic heterocycles. The average molecular weight is 423 g/mol. The predicted molar refractivity (Wildman–Crippen MR) is 125 cm³/mol. The van der Waals surface area contributed by atoms with Crippen LogP contribution < -0.4 is 10.6 Å². The number of rotatable bonds is 10. The number of carbonyl (C=O) groups is 2. The maximum atomic E-state index is 12.4. The zero-order valence-electron chi connectivity index (χ0n) is 18.5. The normalized spacial score (nSPS) is 14.9. The van der Waals surface area contributed by atoms with E-state index in [-0.39, 0.29) is 11.8 Å². The van der Waals surface area contributed by atoms with E-state index in [2.05, 4.69) is 39.5 Å². The van der Waals surface area contributed by atoms with Crippen LogP contribution in [0.25, 0.3) is 0 Å². The first kappa shape index (κ1) is 23.0. The van der Waals surface area contributed by atoms with Crippen LogP contribution >= 0.6 is 0 Å². The summed E-state index contributed by atoms with van der Waals surface area (Å²) in [4.78, 5) is 29.0. The Bertz CT molecular complexity index is 832. The van der Waals surface area contributed by atoms with E-state index in [1.54, 1.807) is 0 Å². The Morgan fingerprint density at radius 3 is 2.13 bits per heavy atom. The van der Waals surface area contributed by atoms with E-state index in [0.717, 1.165) is 56.7 Å². The molecule has 0 radical (unpaired) electrons. The molecule has 1 aliphatic heterocycles. The SMILES string of the molecule is CCc1ccccc1NC(=O)CN1CCN(CC(=O)NCCCc2ccccc2)CC1. The first-order chi connectivity index (χ1) is 15.1. The number of nitrogens with zero attached hydrogens (tertiary/aromatic N) is 2. The molecule has 1 heterocycles. The highest BCUT2D eigenvalue weighted by Crippen LogP contribution is 2.15. The highest BCUT2D eigenvalue weighted by Gasteiger charge is 2.20. The summed E-state index contributed by atoms with van der Waals surface area (Å²) in [6.45, 7) is 6.80. The van der Waals surface area contributed by atoms with Crippen molar-refractivity contribution >= 4 is 17.5 Å². The molecule has 166 valence electrons. The number of benzene rings is 2. The van der Waals surface area contributed by atoms with Gasteiger partial charge < -0.3 is 10.6 Å². The minimum absolute atomic E-state index is 0.0190. The lowest BCUT2D eigenvalue weighted by atomic mass is 10.1. The Hall–Kier alpha value is -2.70. The van der Waals surface area contributed by atoms with Gasteiger partial charge in [-0.3, -0.25) is 19.4 Å². The van der Waals surface area contributed by atoms with Crippen LogP contribution in [0.5, 0.6) is 0 Å². The van der Waals surface area contributed by atoms with Gasteiger partial charge in [0.2, 0.25) is 11.8 Å². The second-order valence-corrected chi connectivity index (χ2v) is 8.05. The van der Waals surface area contributed by atoms with Gasteiger partial charge in [0.05, 0.1) is 13.1 Å². The third kappa shape index (κ3) is 7.81. The predicted octanol–water partition coefficient (Wildman–Crippen LogP) is 2.55. The topological polar surface area (TPSA) is 64.7 Å². The maximum Gasteiger partial charge on any atom is 0.238 e. The van der Waals surface area contributed by atoms with Crippen molar-refractivity contribution in [1.29, 1.82) is 0 Å². The summed E-state index contributed by atoms with van der Waals surface area (Å²) in [7, 11) is 0. The van der Waals surface area contributed by atoms with E-state index in [9.17, 15) is 9.59 Å². The van der Waals surface area contributed by atoms with Gasteiger partial charge in [-0.15, -0.1) is 0 Å². The molecule has 3 rings (SSSR count). The Morgan fingerprint density at radius 2 is 1.45 bits per heavy atom. The number of aryl methyl sites for hydroxylation is 2. The number of amides is 2. The van der Waals surface area contributed by atoms with Crippen molar-refractivity contribution < 1.29 is 9.59 Å². The first-order valence-electron chi connectivity index (χ1n) is 11.3. The van der Waals surface area contributed by atoms with Crippen LogP contribution in [0.3, 0.4) is 0 Å². The molecule has 0 saturated carbocycles. The fourth-order valence-corrected chi connectivity index (χ4v) is 3.87. The van der Waals surface area contributed by atoms with E-state index in [0.29, 0.717) is 19.6 Å². The lowest BCUT2D eigenvalue weighted by molar-refractivity contribution is -0.123. The lowest BCUT2D eigenvalue weighted by Crippen LogP contribution is -2.51. The van der Waals surface area contributed by atoms with Crippen molar-refractivity contribution in [2.45, 2.75) is 26.2 Å². The molecule has 2 amide bonds. The summed E-state index contributed by atoms with van der Waals surface area (Å²) in [5.74, 6) is 0.0981. The Labute approximate surface area is 185 Å². The van der Waals surface area contributed by atoms with Crippen LogP contribution in [0.4, 0.5) is 5.69 Å². The zero-order chi connectivity index (χ0) is 21.9. The molecule has 0 aliphatic carbocycles. The van der Waals surface area contributed by atoms with E-state index in [1.807, 2.05) is 42.5 Å². The summed E-state index contributed by atoms with van der Waals surface area (Å²) in [5.41, 5.74) is 3.35. The minimum Gasteiger partial charge on any atom is -0.355 e. The lowest BCUT2D eigenvalue weighted by Gasteiger charge is -2.33. The maximum absolute atomic E-state index is 12.4. The van der Waals surface area contributed by atoms with Gasteiger partial charge in [0, 0.05) is 38.4 Å². The molecular weight excluding hydrogens is 388 g/mol. The third-order valence-corrected chi connectivity index (χ3v) is 5.68. The number of hydrogen-bond acceptors (Lipinski definition) is 4. The number of piperazine rings is 1. The molecule has 2 N–H and O–H groups in total. The van der Waals surface area contributed by atoms with E-state index >= 15 is 0 Å². The van der Waals surface area contributed by atoms with Gasteiger partial charge >= 0.3 is 0 Å². The number of hydrogen-bond donors (Lipinski definition) is 2. The van der Waals surface area contributed by atoms with Crippen LogP contribution in [-0.4, -0.2) is 67.4 Å². The molecule has 31 heavy (non-hydrogen) atoms. The highest BCUT2D eigenvalue weighted by atomic mass is 16.2. The van der Waals surface area contributed by atoms with Crippen LogP contribution in [0.2, 0.25) is 0 Å². The van der Waals surface area contributed by atoms with Gasteiger partial charge in [0.15, 0.2) is 0 Å². The molecule has 2 aromatic carbocycles. The molecule has 0 spiro atoms. The first-order valence-corrected chi connectivity index (χ1v) is 11.3. The van der Waals surface area contributed by atoms with E-state index in [1.165, 1.54) is 5.56 Å². The summed E-state index contributed by atoms with van der Waals surface area (Å²) in [6, 6.07) is 18.3. The van der Waals surface area contributed by atoms with Crippen molar-refractivity contribution in [3.8, 4) is 0 Å². The molecule has 2 aromatic rings. The molecule has 0 atom stereocenters. The Balaban J connectivity index is 1.30. The summed E-state index contributed by atoms with van der Waals surface area (Å²) in [6.07, 6.45) is 2.81. The van der Waals surface area contributed by atoms with Gasteiger partial charge in [-0.05, 0) is 36.5 Å². The molecule has 1 saturated heterocycles. The molecule has 6 heteroatoms. The van der Waals surface area contributed by atoms with Gasteiger partial charge in [-0.25, -0.2) is 0 Å². The Kier molecular flexibility index (Phi) is 9.06. The van der Waals surface area contributed by atoms with Crippen molar-refractivity contribution in [2.75, 3.05) is 51.1 Å². The second kappa shape index (κ2) is 12.2. The fourth-order valence-electron chi connectivity index (χ4n) is 3.87. The van der Waals surface area contributed by atoms with Gasteiger partial charge in [-0.2, -0.15) is 0 Å². The zero-order valence-corrected chi connectivity index (χ0v) is 18.5. The quantitative estimate of drug-likeness (QED) is 0.578. The van der Waals surface area contributed by atoms with Gasteiger partial charge in [0.25, 0.3) is 0 Å². The molecule has 6 nitrogen and oxygen atoms in total. The highest BCUT2D eigenvalue weighted by molar-refractivity contribution is 5.93. The van der Waals surface area contributed by atoms with E-state index < -0.39 is 0 Å². The summed E-state index contributed by atoms with van der Waals surface area (Å²) >= 11 is 0.